The molecule has 0 fully saturated rings. The van der Waals surface area contributed by atoms with Gasteiger partial charge in [0.2, 0.25) is 15.0 Å². The largest absolute Gasteiger partial charge is 0.485 e. The molecule has 0 bridgehead atoms. The lowest BCUT2D eigenvalue weighted by molar-refractivity contribution is -0.0445. The van der Waals surface area contributed by atoms with Gasteiger partial charge in [0, 0.05) is 18.0 Å². The summed E-state index contributed by atoms with van der Waals surface area (Å²) in [7, 11) is -3.98. The maximum absolute atomic E-state index is 12.9. The van der Waals surface area contributed by atoms with Crippen LogP contribution >= 0.6 is 0 Å². The zero-order valence-electron chi connectivity index (χ0n) is 12.5. The standard InChI is InChI=1S/C15H15N3O4S/c1-15(2)13(19)12(23(20,21)14-17-5-6-18-14)10-7-9(8-16)3-4-11(10)22-15/h3-7,12-13,19H,1-2H3,(H,17,18)/t12-,13-/m1/s1. The van der Waals surface area contributed by atoms with Crippen LogP contribution in [0.5, 0.6) is 5.75 Å². The molecule has 8 heteroatoms. The topological polar surface area (TPSA) is 116 Å². The van der Waals surface area contributed by atoms with Gasteiger partial charge in [-0.25, -0.2) is 13.4 Å². The van der Waals surface area contributed by atoms with E-state index in [0.29, 0.717) is 11.3 Å². The number of aliphatic hydroxyl groups is 1. The summed E-state index contributed by atoms with van der Waals surface area (Å²) >= 11 is 0. The Bertz CT molecular complexity index is 882. The predicted molar refractivity (Wildman–Crippen MR) is 80.4 cm³/mol. The highest BCUT2D eigenvalue weighted by molar-refractivity contribution is 7.91. The summed E-state index contributed by atoms with van der Waals surface area (Å²) in [5.41, 5.74) is -0.558. The summed E-state index contributed by atoms with van der Waals surface area (Å²) in [6.45, 7) is 3.23. The molecule has 1 aliphatic rings. The van der Waals surface area contributed by atoms with Crippen molar-refractivity contribution in [1.82, 2.24) is 9.97 Å². The molecule has 0 saturated heterocycles. The molecule has 2 N–H and O–H groups in total. The van der Waals surface area contributed by atoms with Crippen LogP contribution in [0.4, 0.5) is 0 Å². The molecule has 2 aromatic rings. The Kier molecular flexibility index (Phi) is 3.43. The van der Waals surface area contributed by atoms with Gasteiger partial charge in [0.15, 0.2) is 0 Å². The number of ether oxygens (including phenoxy) is 1. The third kappa shape index (κ3) is 2.38. The maximum Gasteiger partial charge on any atom is 0.225 e. The minimum Gasteiger partial charge on any atom is -0.485 e. The van der Waals surface area contributed by atoms with Crippen LogP contribution in [-0.4, -0.2) is 35.2 Å². The molecular formula is C15H15N3O4S. The van der Waals surface area contributed by atoms with E-state index in [2.05, 4.69) is 9.97 Å². The minimum absolute atomic E-state index is 0.229. The Hall–Kier alpha value is -2.37. The molecule has 1 aromatic heterocycles. The van der Waals surface area contributed by atoms with Crippen molar-refractivity contribution in [3.63, 3.8) is 0 Å². The highest BCUT2D eigenvalue weighted by atomic mass is 32.2. The first-order valence-corrected chi connectivity index (χ1v) is 8.46. The molecular weight excluding hydrogens is 318 g/mol. The Morgan fingerprint density at radius 2 is 2.17 bits per heavy atom. The summed E-state index contributed by atoms with van der Waals surface area (Å²) in [6, 6.07) is 6.49. The number of imidazole rings is 1. The molecule has 0 saturated carbocycles. The fraction of sp³-hybridized carbons (Fsp3) is 0.333. The number of aliphatic hydroxyl groups excluding tert-OH is 1. The summed E-state index contributed by atoms with van der Waals surface area (Å²) in [5, 5.41) is 18.2. The lowest BCUT2D eigenvalue weighted by atomic mass is 9.90. The first kappa shape index (κ1) is 15.5. The van der Waals surface area contributed by atoms with E-state index in [0.717, 1.165) is 0 Å². The number of nitrogens with one attached hydrogen (secondary N) is 1. The first-order chi connectivity index (χ1) is 10.8. The summed E-state index contributed by atoms with van der Waals surface area (Å²) in [6.07, 6.45) is 1.41. The number of benzene rings is 1. The summed E-state index contributed by atoms with van der Waals surface area (Å²) in [5.74, 6) is 0.333. The van der Waals surface area contributed by atoms with Crippen molar-refractivity contribution in [1.29, 1.82) is 5.26 Å². The summed E-state index contributed by atoms with van der Waals surface area (Å²) < 4.78 is 31.6. The molecule has 2 heterocycles. The average Bonchev–Trinajstić information content (AvgIpc) is 3.02. The SMILES string of the molecule is CC1(C)Oc2ccc(C#N)cc2[C@@H](S(=O)(=O)c2ncc[nH]2)[C@H]1O. The van der Waals surface area contributed by atoms with Crippen LogP contribution in [0.3, 0.4) is 0 Å². The zero-order valence-corrected chi connectivity index (χ0v) is 13.3. The quantitative estimate of drug-likeness (QED) is 0.856. The van der Waals surface area contributed by atoms with Crippen LogP contribution in [0.1, 0.15) is 30.2 Å². The maximum atomic E-state index is 12.9. The monoisotopic (exact) mass is 333 g/mol. The fourth-order valence-corrected chi connectivity index (χ4v) is 4.54. The second kappa shape index (κ2) is 5.08. The van der Waals surface area contributed by atoms with Gasteiger partial charge in [-0.1, -0.05) is 0 Å². The number of aromatic amines is 1. The van der Waals surface area contributed by atoms with Crippen molar-refractivity contribution in [2.75, 3.05) is 0 Å². The zero-order chi connectivity index (χ0) is 16.8. The smallest absolute Gasteiger partial charge is 0.225 e. The normalized spacial score (nSPS) is 22.7. The van der Waals surface area contributed by atoms with E-state index in [1.165, 1.54) is 18.5 Å². The number of nitrogens with zero attached hydrogens (tertiary/aromatic N) is 2. The van der Waals surface area contributed by atoms with E-state index in [1.54, 1.807) is 26.0 Å². The first-order valence-electron chi connectivity index (χ1n) is 6.92. The van der Waals surface area contributed by atoms with Crippen LogP contribution in [0.15, 0.2) is 35.7 Å². The van der Waals surface area contributed by atoms with Crippen LogP contribution in [0, 0.1) is 11.3 Å². The van der Waals surface area contributed by atoms with Crippen molar-refractivity contribution in [2.24, 2.45) is 0 Å². The lowest BCUT2D eigenvalue weighted by Crippen LogP contribution is -2.50. The predicted octanol–water partition coefficient (Wildman–Crippen LogP) is 1.33. The number of nitriles is 1. The van der Waals surface area contributed by atoms with E-state index in [-0.39, 0.29) is 10.7 Å². The second-order valence-corrected chi connectivity index (χ2v) is 7.86. The molecule has 1 aromatic carbocycles. The Morgan fingerprint density at radius 3 is 2.78 bits per heavy atom. The van der Waals surface area contributed by atoms with E-state index >= 15 is 0 Å². The van der Waals surface area contributed by atoms with Crippen molar-refractivity contribution < 1.29 is 18.3 Å². The number of aromatic nitrogens is 2. The van der Waals surface area contributed by atoms with Crippen LogP contribution in [-0.2, 0) is 9.84 Å². The van der Waals surface area contributed by atoms with Crippen molar-refractivity contribution in [3.05, 3.63) is 41.7 Å². The van der Waals surface area contributed by atoms with Gasteiger partial charge in [-0.2, -0.15) is 5.26 Å². The van der Waals surface area contributed by atoms with E-state index < -0.39 is 26.8 Å². The summed E-state index contributed by atoms with van der Waals surface area (Å²) in [4.78, 5) is 6.37. The number of H-pyrrole nitrogens is 1. The van der Waals surface area contributed by atoms with E-state index in [1.807, 2.05) is 6.07 Å². The molecule has 0 amide bonds. The molecule has 120 valence electrons. The number of rotatable bonds is 2. The van der Waals surface area contributed by atoms with Crippen LogP contribution in [0.25, 0.3) is 0 Å². The Labute approximate surface area is 133 Å². The third-order valence-electron chi connectivity index (χ3n) is 3.89. The highest BCUT2D eigenvalue weighted by Crippen LogP contribution is 2.45. The second-order valence-electron chi connectivity index (χ2n) is 5.87. The molecule has 0 aliphatic carbocycles. The van der Waals surface area contributed by atoms with Crippen molar-refractivity contribution in [2.45, 2.75) is 36.0 Å². The van der Waals surface area contributed by atoms with Gasteiger partial charge < -0.3 is 14.8 Å². The minimum atomic E-state index is -3.98. The van der Waals surface area contributed by atoms with Crippen LogP contribution in [0.2, 0.25) is 0 Å². The van der Waals surface area contributed by atoms with Gasteiger partial charge >= 0.3 is 0 Å². The Balaban J connectivity index is 2.25. The number of hydrogen-bond acceptors (Lipinski definition) is 6. The molecule has 7 nitrogen and oxygen atoms in total. The molecule has 0 radical (unpaired) electrons. The van der Waals surface area contributed by atoms with Gasteiger partial charge in [-0.15, -0.1) is 0 Å². The van der Waals surface area contributed by atoms with Crippen LogP contribution < -0.4 is 4.74 Å². The van der Waals surface area contributed by atoms with E-state index in [4.69, 9.17) is 10.00 Å². The number of hydrogen-bond donors (Lipinski definition) is 2. The van der Waals surface area contributed by atoms with Gasteiger partial charge in [0.1, 0.15) is 22.7 Å². The Morgan fingerprint density at radius 1 is 1.43 bits per heavy atom. The van der Waals surface area contributed by atoms with Crippen molar-refractivity contribution in [3.8, 4) is 11.8 Å². The van der Waals surface area contributed by atoms with Gasteiger partial charge in [-0.3, -0.25) is 0 Å². The fourth-order valence-electron chi connectivity index (χ4n) is 2.68. The number of sulfone groups is 1. The average molecular weight is 333 g/mol. The van der Waals surface area contributed by atoms with Gasteiger partial charge in [0.05, 0.1) is 11.6 Å². The van der Waals surface area contributed by atoms with Gasteiger partial charge in [0.25, 0.3) is 0 Å². The van der Waals surface area contributed by atoms with Crippen molar-refractivity contribution >= 4 is 9.84 Å². The highest BCUT2D eigenvalue weighted by Gasteiger charge is 2.50. The molecule has 0 unspecified atom stereocenters. The third-order valence-corrected chi connectivity index (χ3v) is 5.84. The molecule has 3 rings (SSSR count). The molecule has 1 aliphatic heterocycles. The molecule has 0 spiro atoms. The van der Waals surface area contributed by atoms with E-state index in [9.17, 15) is 13.5 Å². The van der Waals surface area contributed by atoms with Gasteiger partial charge in [-0.05, 0) is 32.0 Å². The molecule has 23 heavy (non-hydrogen) atoms. The lowest BCUT2D eigenvalue weighted by Gasteiger charge is -2.41. The number of fused-ring (bicyclic) bond motifs is 1. The molecule has 2 atom stereocenters.